The first-order valence-electron chi connectivity index (χ1n) is 4.92. The van der Waals surface area contributed by atoms with Gasteiger partial charge in [-0.1, -0.05) is 18.2 Å². The summed E-state index contributed by atoms with van der Waals surface area (Å²) in [7, 11) is -3.37. The largest absolute Gasteiger partial charge is 0.482 e. The predicted molar refractivity (Wildman–Crippen MR) is 66.7 cm³/mol. The molecule has 0 saturated carbocycles. The van der Waals surface area contributed by atoms with Gasteiger partial charge in [0.1, 0.15) is 0 Å². The summed E-state index contributed by atoms with van der Waals surface area (Å²) in [5.41, 5.74) is -0.450. The Morgan fingerprint density at radius 3 is 1.88 bits per heavy atom. The van der Waals surface area contributed by atoms with Crippen LogP contribution in [0.4, 0.5) is 0 Å². The van der Waals surface area contributed by atoms with Crippen LogP contribution in [0.25, 0.3) is 0 Å². The van der Waals surface area contributed by atoms with Crippen molar-refractivity contribution < 1.29 is 18.5 Å². The quantitative estimate of drug-likeness (QED) is 0.664. The van der Waals surface area contributed by atoms with Crippen molar-refractivity contribution in [1.82, 2.24) is 4.72 Å². The van der Waals surface area contributed by atoms with Gasteiger partial charge in [0.05, 0.1) is 4.90 Å². The second-order valence-corrected chi connectivity index (χ2v) is 5.97. The van der Waals surface area contributed by atoms with Crippen molar-refractivity contribution in [2.75, 3.05) is 0 Å². The summed E-state index contributed by atoms with van der Waals surface area (Å²) in [5.74, 6) is 0. The summed E-state index contributed by atoms with van der Waals surface area (Å²) in [6, 6.07) is 8.35. The number of hydrogen-bond acceptors (Lipinski definition) is 4. The molecule has 0 aliphatic carbocycles. The molecule has 0 amide bonds. The van der Waals surface area contributed by atoms with E-state index < -0.39 is 15.6 Å². The fourth-order valence-corrected chi connectivity index (χ4v) is 2.50. The fourth-order valence-electron chi connectivity index (χ4n) is 1.06. The number of nitrogens with one attached hydrogen (secondary N) is 1. The zero-order valence-corrected chi connectivity index (χ0v) is 10.9. The maximum absolute atomic E-state index is 11.7. The Morgan fingerprint density at radius 1 is 1.12 bits per heavy atom. The van der Waals surface area contributed by atoms with Crippen LogP contribution >= 0.6 is 0 Å². The smallest absolute Gasteiger partial charge is 0.429 e. The normalized spacial score (nSPS) is 11.4. The summed E-state index contributed by atoms with van der Waals surface area (Å²) in [6.07, 6.45) is 0. The lowest BCUT2D eigenvalue weighted by atomic mass is 10.1. The van der Waals surface area contributed by atoms with E-state index in [4.69, 9.17) is 10.0 Å². The van der Waals surface area contributed by atoms with E-state index in [9.17, 15) is 8.42 Å². The lowest BCUT2D eigenvalue weighted by molar-refractivity contribution is 0.448. The van der Waals surface area contributed by atoms with Gasteiger partial charge in [0.2, 0.25) is 10.0 Å². The molecule has 3 N–H and O–H groups in total. The molecule has 5 nitrogen and oxygen atoms in total. The summed E-state index contributed by atoms with van der Waals surface area (Å²) >= 11 is 0. The molecular weight excluding hydrogens is 241 g/mol. The zero-order chi connectivity index (χ0) is 13.5. The highest BCUT2D eigenvalue weighted by Crippen LogP contribution is 2.11. The van der Waals surface area contributed by atoms with Crippen LogP contribution in [-0.4, -0.2) is 31.7 Å². The molecular formula is C10H17BNO4S. The minimum Gasteiger partial charge on any atom is -0.429 e. The second kappa shape index (κ2) is 6.75. The van der Waals surface area contributed by atoms with Crippen molar-refractivity contribution in [2.45, 2.75) is 31.2 Å². The van der Waals surface area contributed by atoms with E-state index in [1.807, 2.05) is 20.8 Å². The van der Waals surface area contributed by atoms with Crippen LogP contribution in [0.2, 0.25) is 0 Å². The number of sulfonamides is 1. The van der Waals surface area contributed by atoms with Gasteiger partial charge in [-0.2, -0.15) is 0 Å². The molecule has 1 aromatic carbocycles. The van der Waals surface area contributed by atoms with Gasteiger partial charge in [0, 0.05) is 5.54 Å². The summed E-state index contributed by atoms with van der Waals surface area (Å²) < 4.78 is 26.1. The molecule has 0 atom stereocenters. The molecule has 17 heavy (non-hydrogen) atoms. The van der Waals surface area contributed by atoms with E-state index in [0.29, 0.717) is 4.90 Å². The molecule has 0 unspecified atom stereocenters. The molecule has 7 heteroatoms. The minimum absolute atomic E-state index is 0. The fraction of sp³-hybridized carbons (Fsp3) is 0.400. The van der Waals surface area contributed by atoms with Crippen molar-refractivity contribution in [3.05, 3.63) is 30.3 Å². The third kappa shape index (κ3) is 7.12. The third-order valence-corrected chi connectivity index (χ3v) is 3.27. The molecule has 0 fully saturated rings. The highest BCUT2D eigenvalue weighted by molar-refractivity contribution is 7.89. The minimum atomic E-state index is -3.37. The first-order valence-corrected chi connectivity index (χ1v) is 6.40. The average Bonchev–Trinajstić information content (AvgIpc) is 2.16. The van der Waals surface area contributed by atoms with Gasteiger partial charge < -0.3 is 10.0 Å². The number of hydrogen-bond donors (Lipinski definition) is 3. The van der Waals surface area contributed by atoms with E-state index in [1.165, 1.54) is 0 Å². The van der Waals surface area contributed by atoms with E-state index >= 15 is 0 Å². The number of benzene rings is 1. The van der Waals surface area contributed by atoms with Crippen LogP contribution in [0.1, 0.15) is 20.8 Å². The Morgan fingerprint density at radius 2 is 1.53 bits per heavy atom. The van der Waals surface area contributed by atoms with Crippen molar-refractivity contribution >= 4 is 17.7 Å². The van der Waals surface area contributed by atoms with E-state index in [-0.39, 0.29) is 7.69 Å². The Hall–Kier alpha value is -0.885. The molecule has 0 spiro atoms. The Kier molecular flexibility index (Phi) is 6.40. The monoisotopic (exact) mass is 258 g/mol. The SMILES string of the molecule is CC(C)(C)NS(=O)(=O)c1ccccc1.O[B]O. The van der Waals surface area contributed by atoms with Gasteiger partial charge >= 0.3 is 7.69 Å². The van der Waals surface area contributed by atoms with Crippen LogP contribution < -0.4 is 4.72 Å². The second-order valence-electron chi connectivity index (χ2n) is 4.28. The van der Waals surface area contributed by atoms with Crippen molar-refractivity contribution in [3.8, 4) is 0 Å². The summed E-state index contributed by atoms with van der Waals surface area (Å²) in [6.45, 7) is 5.44. The standard InChI is InChI=1S/C10H15NO2S.BH2O2/c1-10(2,3)11-14(12,13)9-7-5-4-6-8-9;2-1-3/h4-8,11H,1-3H3;2-3H. The van der Waals surface area contributed by atoms with Crippen LogP contribution in [0, 0.1) is 0 Å². The average molecular weight is 258 g/mol. The first-order chi connectivity index (χ1) is 7.73. The Balaban J connectivity index is 0.000000770. The van der Waals surface area contributed by atoms with Crippen LogP contribution in [0.15, 0.2) is 35.2 Å². The van der Waals surface area contributed by atoms with Crippen molar-refractivity contribution in [1.29, 1.82) is 0 Å². The highest BCUT2D eigenvalue weighted by atomic mass is 32.2. The summed E-state index contributed by atoms with van der Waals surface area (Å²) in [5, 5.41) is 14.0. The molecule has 1 radical (unpaired) electrons. The zero-order valence-electron chi connectivity index (χ0n) is 10.1. The van der Waals surface area contributed by atoms with Crippen molar-refractivity contribution in [2.24, 2.45) is 0 Å². The molecule has 1 aromatic rings. The van der Waals surface area contributed by atoms with Crippen molar-refractivity contribution in [3.63, 3.8) is 0 Å². The summed E-state index contributed by atoms with van der Waals surface area (Å²) in [4.78, 5) is 0.301. The molecule has 0 aliphatic rings. The molecule has 0 aromatic heterocycles. The maximum Gasteiger partial charge on any atom is 0.482 e. The van der Waals surface area contributed by atoms with Gasteiger partial charge in [0.25, 0.3) is 0 Å². The van der Waals surface area contributed by atoms with Gasteiger partial charge in [0.15, 0.2) is 0 Å². The molecule has 0 saturated heterocycles. The van der Waals surface area contributed by atoms with Crippen LogP contribution in [0.3, 0.4) is 0 Å². The van der Waals surface area contributed by atoms with Gasteiger partial charge in [-0.3, -0.25) is 0 Å². The molecule has 0 bridgehead atoms. The number of rotatable bonds is 2. The third-order valence-electron chi connectivity index (χ3n) is 1.49. The lowest BCUT2D eigenvalue weighted by Crippen LogP contribution is -2.40. The van der Waals surface area contributed by atoms with Gasteiger partial charge in [-0.25, -0.2) is 13.1 Å². The molecule has 0 heterocycles. The lowest BCUT2D eigenvalue weighted by Gasteiger charge is -2.20. The maximum atomic E-state index is 11.7. The Bertz CT molecular complexity index is 414. The predicted octanol–water partition coefficient (Wildman–Crippen LogP) is 0.269. The van der Waals surface area contributed by atoms with Crippen LogP contribution in [-0.2, 0) is 10.0 Å². The van der Waals surface area contributed by atoms with E-state index in [2.05, 4.69) is 4.72 Å². The van der Waals surface area contributed by atoms with E-state index in [1.54, 1.807) is 30.3 Å². The first kappa shape index (κ1) is 16.1. The molecule has 0 aliphatic heterocycles. The Labute approximate surface area is 103 Å². The highest BCUT2D eigenvalue weighted by Gasteiger charge is 2.21. The topological polar surface area (TPSA) is 86.6 Å². The van der Waals surface area contributed by atoms with E-state index in [0.717, 1.165) is 0 Å². The molecule has 1 rings (SSSR count). The van der Waals surface area contributed by atoms with Gasteiger partial charge in [-0.15, -0.1) is 0 Å². The van der Waals surface area contributed by atoms with Gasteiger partial charge in [-0.05, 0) is 32.9 Å². The van der Waals surface area contributed by atoms with Crippen LogP contribution in [0.5, 0.6) is 0 Å². The molecule has 95 valence electrons.